The summed E-state index contributed by atoms with van der Waals surface area (Å²) in [6, 6.07) is 13.8. The summed E-state index contributed by atoms with van der Waals surface area (Å²) in [5, 5.41) is 5.60. The lowest BCUT2D eigenvalue weighted by Crippen LogP contribution is -2.36. The van der Waals surface area contributed by atoms with E-state index in [0.717, 1.165) is 16.7 Å². The van der Waals surface area contributed by atoms with Gasteiger partial charge in [0.05, 0.1) is 10.8 Å². The van der Waals surface area contributed by atoms with E-state index in [9.17, 15) is 19.2 Å². The number of para-hydroxylation sites is 1. The molecule has 0 aliphatic rings. The van der Waals surface area contributed by atoms with Crippen LogP contribution in [0.5, 0.6) is 0 Å². The number of rotatable bonds is 7. The van der Waals surface area contributed by atoms with Gasteiger partial charge in [0.15, 0.2) is 6.10 Å². The van der Waals surface area contributed by atoms with Crippen LogP contribution in [0.25, 0.3) is 10.8 Å². The highest BCUT2D eigenvalue weighted by atomic mass is 16.5. The molecule has 162 valence electrons. The predicted molar refractivity (Wildman–Crippen MR) is 118 cm³/mol. The number of aromatic amines is 1. The maximum Gasteiger partial charge on any atom is 0.328 e. The molecule has 2 aromatic carbocycles. The number of anilines is 1. The van der Waals surface area contributed by atoms with E-state index in [1.54, 1.807) is 18.2 Å². The molecule has 0 saturated heterocycles. The first-order valence-corrected chi connectivity index (χ1v) is 10.1. The number of carbonyl (C=O) groups is 2. The molecule has 1 amide bonds. The van der Waals surface area contributed by atoms with Crippen molar-refractivity contribution in [1.82, 2.24) is 9.78 Å². The molecule has 0 fully saturated rings. The molecule has 2 atom stereocenters. The minimum absolute atomic E-state index is 0.200. The Hall–Kier alpha value is -3.68. The van der Waals surface area contributed by atoms with Gasteiger partial charge in [0, 0.05) is 5.69 Å². The van der Waals surface area contributed by atoms with E-state index in [1.165, 1.54) is 19.1 Å². The van der Waals surface area contributed by atoms with Gasteiger partial charge in [-0.2, -0.15) is 0 Å². The van der Waals surface area contributed by atoms with E-state index in [2.05, 4.69) is 24.3 Å². The maximum absolute atomic E-state index is 12.5. The van der Waals surface area contributed by atoms with E-state index < -0.39 is 35.6 Å². The highest BCUT2D eigenvalue weighted by Crippen LogP contribution is 2.26. The second-order valence-electron chi connectivity index (χ2n) is 7.40. The Bertz CT molecular complexity index is 1230. The minimum atomic E-state index is -1.08. The van der Waals surface area contributed by atoms with Crippen molar-refractivity contribution < 1.29 is 14.3 Å². The second-order valence-corrected chi connectivity index (χ2v) is 7.40. The highest BCUT2D eigenvalue weighted by molar-refractivity contribution is 5.95. The zero-order valence-corrected chi connectivity index (χ0v) is 17.7. The van der Waals surface area contributed by atoms with Crippen LogP contribution in [0.3, 0.4) is 0 Å². The van der Waals surface area contributed by atoms with E-state index >= 15 is 0 Å². The molecule has 0 radical (unpaired) electrons. The number of esters is 1. The average Bonchev–Trinajstić information content (AvgIpc) is 2.77. The van der Waals surface area contributed by atoms with Gasteiger partial charge in [-0.1, -0.05) is 44.2 Å². The van der Waals surface area contributed by atoms with Crippen LogP contribution in [-0.2, 0) is 20.9 Å². The number of H-pyrrole nitrogens is 1. The number of hydrogen-bond acceptors (Lipinski definition) is 5. The summed E-state index contributed by atoms with van der Waals surface area (Å²) in [6.07, 6.45) is -0.170. The fourth-order valence-electron chi connectivity index (χ4n) is 3.27. The smallest absolute Gasteiger partial charge is 0.328 e. The van der Waals surface area contributed by atoms with E-state index in [1.807, 2.05) is 18.2 Å². The molecule has 2 N–H and O–H groups in total. The first kappa shape index (κ1) is 22.0. The summed E-state index contributed by atoms with van der Waals surface area (Å²) in [5.41, 5.74) is 0.652. The Labute approximate surface area is 178 Å². The van der Waals surface area contributed by atoms with Crippen molar-refractivity contribution in [2.75, 3.05) is 5.32 Å². The molecule has 1 heterocycles. The van der Waals surface area contributed by atoms with Crippen LogP contribution in [-0.4, -0.2) is 27.8 Å². The standard InChI is InChI=1S/C23H25N3O5/c1-4-14(2)16-9-7-8-12-19(16)24-21(28)15(3)31-20(27)13-26-23(30)18-11-6-5-10-17(18)22(29)25-26/h5-12,14-15H,4,13H2,1-3H3,(H,24,28)(H,25,29)/t14-,15-/m1/s1. The van der Waals surface area contributed by atoms with Gasteiger partial charge < -0.3 is 10.1 Å². The molecular formula is C23H25N3O5. The molecule has 0 aliphatic carbocycles. The highest BCUT2D eigenvalue weighted by Gasteiger charge is 2.21. The van der Waals surface area contributed by atoms with Gasteiger partial charge in [0.2, 0.25) is 0 Å². The van der Waals surface area contributed by atoms with Crippen molar-refractivity contribution in [3.63, 3.8) is 0 Å². The van der Waals surface area contributed by atoms with Gasteiger partial charge in [0.25, 0.3) is 17.0 Å². The molecule has 0 aliphatic heterocycles. The van der Waals surface area contributed by atoms with Crippen molar-refractivity contribution in [2.45, 2.75) is 45.8 Å². The lowest BCUT2D eigenvalue weighted by molar-refractivity contribution is -0.154. The van der Waals surface area contributed by atoms with E-state index in [4.69, 9.17) is 4.74 Å². The normalized spacial score (nSPS) is 12.9. The number of nitrogens with zero attached hydrogens (tertiary/aromatic N) is 1. The molecule has 3 rings (SSSR count). The summed E-state index contributed by atoms with van der Waals surface area (Å²) >= 11 is 0. The summed E-state index contributed by atoms with van der Waals surface area (Å²) < 4.78 is 6.07. The van der Waals surface area contributed by atoms with Crippen LogP contribution in [0.1, 0.15) is 38.7 Å². The largest absolute Gasteiger partial charge is 0.451 e. The number of amides is 1. The van der Waals surface area contributed by atoms with Gasteiger partial charge in [-0.15, -0.1) is 0 Å². The third-order valence-electron chi connectivity index (χ3n) is 5.21. The number of hydrogen-bond donors (Lipinski definition) is 2. The van der Waals surface area contributed by atoms with Crippen LogP contribution >= 0.6 is 0 Å². The SMILES string of the molecule is CC[C@@H](C)c1ccccc1NC(=O)[C@@H](C)OC(=O)Cn1[nH]c(=O)c2ccccc2c1=O. The second kappa shape index (κ2) is 9.42. The summed E-state index contributed by atoms with van der Waals surface area (Å²) in [4.78, 5) is 49.5. The number of carbonyl (C=O) groups excluding carboxylic acids is 2. The Morgan fingerprint density at radius 2 is 1.68 bits per heavy atom. The number of benzene rings is 2. The van der Waals surface area contributed by atoms with Crippen LogP contribution in [0, 0.1) is 0 Å². The Balaban J connectivity index is 1.70. The molecule has 0 unspecified atom stereocenters. The molecule has 8 nitrogen and oxygen atoms in total. The maximum atomic E-state index is 12.5. The molecular weight excluding hydrogens is 398 g/mol. The fourth-order valence-corrected chi connectivity index (χ4v) is 3.27. The van der Waals surface area contributed by atoms with Gasteiger partial charge >= 0.3 is 5.97 Å². The summed E-state index contributed by atoms with van der Waals surface area (Å²) in [6.45, 7) is 5.06. The van der Waals surface area contributed by atoms with Crippen LogP contribution in [0.15, 0.2) is 58.1 Å². The molecule has 8 heteroatoms. The lowest BCUT2D eigenvalue weighted by Gasteiger charge is -2.18. The monoisotopic (exact) mass is 423 g/mol. The topological polar surface area (TPSA) is 110 Å². The van der Waals surface area contributed by atoms with Crippen LogP contribution < -0.4 is 16.4 Å². The third-order valence-corrected chi connectivity index (χ3v) is 5.21. The molecule has 0 saturated carbocycles. The molecule has 31 heavy (non-hydrogen) atoms. The quantitative estimate of drug-likeness (QED) is 0.568. The zero-order chi connectivity index (χ0) is 22.5. The van der Waals surface area contributed by atoms with Gasteiger partial charge in [-0.25, -0.2) is 4.68 Å². The van der Waals surface area contributed by atoms with Gasteiger partial charge in [0.1, 0.15) is 6.54 Å². The first-order valence-electron chi connectivity index (χ1n) is 10.1. The van der Waals surface area contributed by atoms with Crippen LogP contribution in [0.2, 0.25) is 0 Å². The van der Waals surface area contributed by atoms with Crippen molar-refractivity contribution in [1.29, 1.82) is 0 Å². The van der Waals surface area contributed by atoms with Gasteiger partial charge in [-0.3, -0.25) is 24.3 Å². The third kappa shape index (κ3) is 4.91. The summed E-state index contributed by atoms with van der Waals surface area (Å²) in [7, 11) is 0. The lowest BCUT2D eigenvalue weighted by atomic mass is 9.97. The first-order chi connectivity index (χ1) is 14.8. The molecule has 0 spiro atoms. The number of ether oxygens (including phenoxy) is 1. The molecule has 3 aromatic rings. The Morgan fingerprint density at radius 1 is 1.03 bits per heavy atom. The predicted octanol–water partition coefficient (Wildman–Crippen LogP) is 2.77. The number of aromatic nitrogens is 2. The van der Waals surface area contributed by atoms with E-state index in [-0.39, 0.29) is 16.7 Å². The summed E-state index contributed by atoms with van der Waals surface area (Å²) in [5.74, 6) is -1.04. The van der Waals surface area contributed by atoms with Crippen molar-refractivity contribution >= 4 is 28.3 Å². The zero-order valence-electron chi connectivity index (χ0n) is 17.7. The van der Waals surface area contributed by atoms with E-state index in [0.29, 0.717) is 5.69 Å². The average molecular weight is 423 g/mol. The number of fused-ring (bicyclic) bond motifs is 1. The Kier molecular flexibility index (Phi) is 6.69. The minimum Gasteiger partial charge on any atom is -0.451 e. The van der Waals surface area contributed by atoms with Crippen LogP contribution in [0.4, 0.5) is 5.69 Å². The van der Waals surface area contributed by atoms with Crippen molar-refractivity contribution in [2.24, 2.45) is 0 Å². The molecule has 1 aromatic heterocycles. The fraction of sp³-hybridized carbons (Fsp3) is 0.304. The number of nitrogens with one attached hydrogen (secondary N) is 2. The van der Waals surface area contributed by atoms with Crippen molar-refractivity contribution in [3.05, 3.63) is 74.8 Å². The van der Waals surface area contributed by atoms with Gasteiger partial charge in [-0.05, 0) is 43.0 Å². The molecule has 0 bridgehead atoms. The van der Waals surface area contributed by atoms with Crippen molar-refractivity contribution in [3.8, 4) is 0 Å². The Morgan fingerprint density at radius 3 is 2.39 bits per heavy atom.